The molecule has 0 bridgehead atoms. The van der Waals surface area contributed by atoms with Crippen LogP contribution in [-0.2, 0) is 11.2 Å². The van der Waals surface area contributed by atoms with Crippen molar-refractivity contribution in [2.45, 2.75) is 44.7 Å². The maximum absolute atomic E-state index is 15.4. The summed E-state index contributed by atoms with van der Waals surface area (Å²) in [6.45, 7) is 2.72. The number of halogens is 1. The van der Waals surface area contributed by atoms with Crippen LogP contribution in [0.5, 0.6) is 5.75 Å². The fraction of sp³-hybridized carbons (Fsp3) is 0.481. The van der Waals surface area contributed by atoms with Crippen molar-refractivity contribution in [3.63, 3.8) is 0 Å². The van der Waals surface area contributed by atoms with E-state index in [9.17, 15) is 9.90 Å². The minimum absolute atomic E-state index is 0.0643. The highest BCUT2D eigenvalue weighted by molar-refractivity contribution is 7.09. The number of piperidine rings is 1. The lowest BCUT2D eigenvalue weighted by Gasteiger charge is -2.38. The lowest BCUT2D eigenvalue weighted by molar-refractivity contribution is -0.139. The van der Waals surface area contributed by atoms with Gasteiger partial charge in [0.05, 0.1) is 12.6 Å². The van der Waals surface area contributed by atoms with Gasteiger partial charge < -0.3 is 14.7 Å². The summed E-state index contributed by atoms with van der Waals surface area (Å²) in [7, 11) is 1.60. The summed E-state index contributed by atoms with van der Waals surface area (Å²) < 4.78 is 20.7. The van der Waals surface area contributed by atoms with Crippen LogP contribution in [0.1, 0.15) is 48.7 Å². The number of carboxylic acids is 1. The Labute approximate surface area is 204 Å². The highest BCUT2D eigenvalue weighted by Crippen LogP contribution is 2.36. The third-order valence-corrected chi connectivity index (χ3v) is 7.94. The number of hydrogen-bond donors (Lipinski definition) is 1. The molecule has 1 aromatic carbocycles. The van der Waals surface area contributed by atoms with Crippen molar-refractivity contribution in [3.05, 3.63) is 58.4 Å². The molecule has 0 unspecified atom stereocenters. The molecule has 182 valence electrons. The average Bonchev–Trinajstić information content (AvgIpc) is 3.36. The smallest absolute Gasteiger partial charge is 0.303 e. The van der Waals surface area contributed by atoms with Gasteiger partial charge in [0.2, 0.25) is 0 Å². The Bertz CT molecular complexity index is 1070. The molecule has 4 rings (SSSR count). The Morgan fingerprint density at radius 3 is 2.97 bits per heavy atom. The summed E-state index contributed by atoms with van der Waals surface area (Å²) in [5.74, 6) is 0.210. The number of aliphatic carboxylic acids is 1. The number of alkyl halides is 1. The van der Waals surface area contributed by atoms with E-state index in [0.29, 0.717) is 24.2 Å². The van der Waals surface area contributed by atoms with E-state index in [0.717, 1.165) is 49.8 Å². The molecule has 0 saturated carbocycles. The van der Waals surface area contributed by atoms with Crippen LogP contribution in [0, 0.1) is 11.8 Å². The molecule has 1 aliphatic rings. The molecule has 0 aliphatic carbocycles. The summed E-state index contributed by atoms with van der Waals surface area (Å²) in [6, 6.07) is 11.5. The number of aryl methyl sites for hydroxylation is 1. The van der Waals surface area contributed by atoms with Crippen molar-refractivity contribution in [1.29, 1.82) is 0 Å². The van der Waals surface area contributed by atoms with Gasteiger partial charge in [-0.15, -0.1) is 11.3 Å². The number of thiophene rings is 1. The van der Waals surface area contributed by atoms with Gasteiger partial charge in [-0.25, -0.2) is 4.39 Å². The van der Waals surface area contributed by atoms with Crippen molar-refractivity contribution in [2.75, 3.05) is 26.7 Å². The van der Waals surface area contributed by atoms with Gasteiger partial charge in [-0.2, -0.15) is 0 Å². The number of rotatable bonds is 11. The number of carboxylic acid groups (broad SMARTS) is 1. The number of nitrogens with zero attached hydrogens (tertiary/aromatic N) is 2. The summed E-state index contributed by atoms with van der Waals surface area (Å²) in [4.78, 5) is 19.7. The molecule has 2 aromatic heterocycles. The quantitative estimate of drug-likeness (QED) is 0.354. The van der Waals surface area contributed by atoms with Crippen LogP contribution in [0.4, 0.5) is 4.39 Å². The van der Waals surface area contributed by atoms with Gasteiger partial charge in [0.1, 0.15) is 11.9 Å². The lowest BCUT2D eigenvalue weighted by atomic mass is 9.79. The van der Waals surface area contributed by atoms with Crippen LogP contribution in [0.3, 0.4) is 0 Å². The summed E-state index contributed by atoms with van der Waals surface area (Å²) in [6.07, 6.45) is 4.83. The van der Waals surface area contributed by atoms with Gasteiger partial charge in [-0.1, -0.05) is 6.07 Å². The third-order valence-electron chi connectivity index (χ3n) is 7.00. The van der Waals surface area contributed by atoms with Crippen LogP contribution < -0.4 is 4.74 Å². The zero-order valence-corrected chi connectivity index (χ0v) is 20.5. The van der Waals surface area contributed by atoms with E-state index in [1.54, 1.807) is 30.7 Å². The van der Waals surface area contributed by atoms with E-state index in [4.69, 9.17) is 4.74 Å². The Hall–Kier alpha value is -2.51. The fourth-order valence-corrected chi connectivity index (χ4v) is 5.94. The van der Waals surface area contributed by atoms with Crippen LogP contribution >= 0.6 is 11.3 Å². The van der Waals surface area contributed by atoms with E-state index < -0.39 is 12.1 Å². The number of carbonyl (C=O) groups is 1. The first-order chi connectivity index (χ1) is 16.5. The molecule has 0 radical (unpaired) electrons. The van der Waals surface area contributed by atoms with E-state index >= 15 is 4.39 Å². The second-order valence-electron chi connectivity index (χ2n) is 9.22. The molecule has 1 saturated heterocycles. The molecule has 1 fully saturated rings. The predicted octanol–water partition coefficient (Wildman–Crippen LogP) is 6.14. The monoisotopic (exact) mass is 484 g/mol. The van der Waals surface area contributed by atoms with Crippen molar-refractivity contribution in [2.24, 2.45) is 11.8 Å². The maximum Gasteiger partial charge on any atom is 0.303 e. The first-order valence-corrected chi connectivity index (χ1v) is 12.9. The SMILES string of the molecule is COc1ccc2nccc([C@@H](F)CC[C@@H]3CCN(CCCc4cccs4)C[C@@H]3CC(=O)O)c2c1. The molecule has 1 N–H and O–H groups in total. The third kappa shape index (κ3) is 6.33. The Kier molecular flexibility index (Phi) is 8.51. The Balaban J connectivity index is 1.35. The molecule has 34 heavy (non-hydrogen) atoms. The molecule has 1 aliphatic heterocycles. The van der Waals surface area contributed by atoms with Gasteiger partial charge in [-0.3, -0.25) is 9.78 Å². The largest absolute Gasteiger partial charge is 0.497 e. The second-order valence-corrected chi connectivity index (χ2v) is 10.3. The summed E-state index contributed by atoms with van der Waals surface area (Å²) in [5.41, 5.74) is 1.38. The predicted molar refractivity (Wildman–Crippen MR) is 134 cm³/mol. The van der Waals surface area contributed by atoms with Gasteiger partial charge in [0.25, 0.3) is 0 Å². The number of likely N-dealkylation sites (tertiary alicyclic amines) is 1. The normalized spacial score (nSPS) is 19.8. The molecule has 7 heteroatoms. The molecule has 3 aromatic rings. The Morgan fingerprint density at radius 2 is 2.21 bits per heavy atom. The minimum atomic E-state index is -1.12. The summed E-state index contributed by atoms with van der Waals surface area (Å²) in [5, 5.41) is 12.4. The number of pyridine rings is 1. The first-order valence-electron chi connectivity index (χ1n) is 12.1. The van der Waals surface area contributed by atoms with Crippen LogP contribution in [0.25, 0.3) is 10.9 Å². The zero-order chi connectivity index (χ0) is 23.9. The number of ether oxygens (including phenoxy) is 1. The standard InChI is InChI=1S/C27H33FN2O3S/c1-33-21-7-9-26-24(17-21)23(10-12-29-26)25(28)8-6-19-11-14-30(18-20(19)16-27(31)32)13-2-4-22-5-3-15-34-22/h3,5,7,9-10,12,15,17,19-20,25H,2,4,6,8,11,13-14,16,18H2,1H3,(H,31,32)/t19-,20+,25+/m1/s1. The van der Waals surface area contributed by atoms with Gasteiger partial charge >= 0.3 is 5.97 Å². The van der Waals surface area contributed by atoms with Gasteiger partial charge in [0.15, 0.2) is 0 Å². The zero-order valence-electron chi connectivity index (χ0n) is 19.7. The van der Waals surface area contributed by atoms with Crippen molar-refractivity contribution < 1.29 is 19.0 Å². The molecular weight excluding hydrogens is 451 g/mol. The maximum atomic E-state index is 15.4. The van der Waals surface area contributed by atoms with Crippen molar-refractivity contribution >= 4 is 28.2 Å². The van der Waals surface area contributed by atoms with Gasteiger partial charge in [-0.05, 0) is 98.3 Å². The highest BCUT2D eigenvalue weighted by atomic mass is 32.1. The van der Waals surface area contributed by atoms with E-state index in [2.05, 4.69) is 27.4 Å². The van der Waals surface area contributed by atoms with Crippen LogP contribution in [0.15, 0.2) is 48.0 Å². The topological polar surface area (TPSA) is 62.7 Å². The lowest BCUT2D eigenvalue weighted by Crippen LogP contribution is -2.42. The number of fused-ring (bicyclic) bond motifs is 1. The average molecular weight is 485 g/mol. The first kappa shape index (κ1) is 24.6. The molecule has 0 spiro atoms. The van der Waals surface area contributed by atoms with Crippen molar-refractivity contribution in [3.8, 4) is 5.75 Å². The molecule has 3 heterocycles. The molecule has 5 nitrogen and oxygen atoms in total. The minimum Gasteiger partial charge on any atom is -0.497 e. The number of hydrogen-bond acceptors (Lipinski definition) is 5. The van der Waals surface area contributed by atoms with E-state index in [1.165, 1.54) is 4.88 Å². The molecule has 0 amide bonds. The van der Waals surface area contributed by atoms with Gasteiger partial charge in [0, 0.05) is 29.4 Å². The number of benzene rings is 1. The summed E-state index contributed by atoms with van der Waals surface area (Å²) >= 11 is 1.79. The fourth-order valence-electron chi connectivity index (χ4n) is 5.19. The van der Waals surface area contributed by atoms with Crippen LogP contribution in [-0.4, -0.2) is 47.7 Å². The van der Waals surface area contributed by atoms with E-state index in [-0.39, 0.29) is 18.3 Å². The number of aromatic nitrogens is 1. The van der Waals surface area contributed by atoms with Crippen LogP contribution in [0.2, 0.25) is 0 Å². The molecular formula is C27H33FN2O3S. The van der Waals surface area contributed by atoms with Crippen molar-refractivity contribution in [1.82, 2.24) is 9.88 Å². The molecule has 3 atom stereocenters. The number of methoxy groups -OCH3 is 1. The Morgan fingerprint density at radius 1 is 1.32 bits per heavy atom. The second kappa shape index (κ2) is 11.8. The highest BCUT2D eigenvalue weighted by Gasteiger charge is 2.31. The van der Waals surface area contributed by atoms with E-state index in [1.807, 2.05) is 18.2 Å².